The number of nitrogens with zero attached hydrogens (tertiary/aromatic N) is 2. The first-order chi connectivity index (χ1) is 30.5. The number of amides is 6. The second kappa shape index (κ2) is 23.9. The van der Waals surface area contributed by atoms with Gasteiger partial charge in [-0.05, 0) is 94.4 Å². The number of alkyl halides is 3. The number of rotatable bonds is 17. The highest BCUT2D eigenvalue weighted by molar-refractivity contribution is 6.67. The Balaban J connectivity index is 1.59. The van der Waals surface area contributed by atoms with Gasteiger partial charge in [0.05, 0.1) is 0 Å². The van der Waals surface area contributed by atoms with Gasteiger partial charge >= 0.3 is 12.1 Å². The Morgan fingerprint density at radius 2 is 1.11 bits per heavy atom. The maximum absolute atomic E-state index is 14.5. The maximum atomic E-state index is 14.5. The van der Waals surface area contributed by atoms with Crippen LogP contribution in [-0.2, 0) is 38.2 Å². The molecule has 15 nitrogen and oxygen atoms in total. The number of hydrogen-bond donors (Lipinski definition) is 4. The van der Waals surface area contributed by atoms with E-state index in [0.717, 1.165) is 0 Å². The van der Waals surface area contributed by atoms with E-state index in [1.807, 2.05) is 27.7 Å². The molecule has 0 radical (unpaired) electrons. The van der Waals surface area contributed by atoms with Crippen LogP contribution in [0.4, 0.5) is 4.79 Å². The average molecular weight is 960 g/mol. The Bertz CT molecular complexity index is 2070. The minimum absolute atomic E-state index is 0.0231. The number of nitrogens with one attached hydrogen (secondary N) is 4. The third-order valence-corrected chi connectivity index (χ3v) is 10.6. The minimum Gasteiger partial charge on any atom is -0.460 e. The predicted octanol–water partition coefficient (Wildman–Crippen LogP) is 6.67. The van der Waals surface area contributed by atoms with E-state index in [1.54, 1.807) is 81.4 Å². The van der Waals surface area contributed by atoms with Gasteiger partial charge in [-0.15, -0.1) is 0 Å². The molecule has 354 valence electrons. The molecule has 0 aromatic heterocycles. The number of halogens is 3. The van der Waals surface area contributed by atoms with Crippen molar-refractivity contribution in [3.05, 3.63) is 83.2 Å². The summed E-state index contributed by atoms with van der Waals surface area (Å²) >= 11 is 17.4. The molecular formula is C47H61Cl3N6O9. The van der Waals surface area contributed by atoms with E-state index < -0.39 is 81.8 Å². The Kier molecular flexibility index (Phi) is 19.3. The van der Waals surface area contributed by atoms with Gasteiger partial charge in [0.25, 0.3) is 11.8 Å². The summed E-state index contributed by atoms with van der Waals surface area (Å²) in [7, 11) is 0. The average Bonchev–Trinajstić information content (AvgIpc) is 3.92. The van der Waals surface area contributed by atoms with E-state index in [-0.39, 0.29) is 62.0 Å². The van der Waals surface area contributed by atoms with E-state index in [9.17, 15) is 33.6 Å². The zero-order valence-corrected chi connectivity index (χ0v) is 40.2. The monoisotopic (exact) mass is 958 g/mol. The standard InChI is InChI=1S/C47H61Cl3N6O9/c1-29(2)24-33(39(57)52-36(27-32-18-12-9-13-19-32)43(61)56-23-15-21-38(56)44(62)64-28-47(48,49)50)51-41(59)37-20-14-22-55(37)42(60)35(26-31-16-10-8-11-17-31)53-40(58)34(25-30(3)4)54-45(63)65-46(5,6)7/h8-13,16-19,26-27,29-30,33-34,37-38H,14-15,20-25,28H2,1-7H3,(H,51,59)(H,52,57)(H,53,58)(H,54,63)/b35-26-,36-27-/t33-,34-,37-,38-/m0/s1. The number of carbonyl (C=O) groups is 7. The van der Waals surface area contributed by atoms with E-state index in [1.165, 1.54) is 22.0 Å². The van der Waals surface area contributed by atoms with Crippen molar-refractivity contribution in [3.8, 4) is 0 Å². The lowest BCUT2D eigenvalue weighted by Crippen LogP contribution is -2.55. The topological polar surface area (TPSA) is 193 Å². The molecule has 2 aromatic rings. The summed E-state index contributed by atoms with van der Waals surface area (Å²) in [5.41, 5.74) is 0.0893. The molecule has 2 saturated heterocycles. The first kappa shape index (κ1) is 52.5. The summed E-state index contributed by atoms with van der Waals surface area (Å²) in [6, 6.07) is 13.4. The Hall–Kier alpha value is -5.12. The highest BCUT2D eigenvalue weighted by atomic mass is 35.6. The van der Waals surface area contributed by atoms with Crippen molar-refractivity contribution in [3.63, 3.8) is 0 Å². The van der Waals surface area contributed by atoms with Crippen LogP contribution in [0, 0.1) is 11.8 Å². The van der Waals surface area contributed by atoms with E-state index in [2.05, 4.69) is 21.3 Å². The third-order valence-electron chi connectivity index (χ3n) is 10.2. The van der Waals surface area contributed by atoms with Crippen LogP contribution >= 0.6 is 34.8 Å². The fraction of sp³-hybridized carbons (Fsp3) is 0.511. The van der Waals surface area contributed by atoms with Crippen molar-refractivity contribution in [1.82, 2.24) is 31.1 Å². The molecule has 0 spiro atoms. The number of ether oxygens (including phenoxy) is 2. The lowest BCUT2D eigenvalue weighted by molar-refractivity contribution is -0.152. The summed E-state index contributed by atoms with van der Waals surface area (Å²) in [4.78, 5) is 99.7. The molecule has 4 N–H and O–H groups in total. The normalized spacial score (nSPS) is 17.9. The fourth-order valence-corrected chi connectivity index (χ4v) is 7.56. The van der Waals surface area contributed by atoms with Crippen molar-refractivity contribution < 1.29 is 43.0 Å². The van der Waals surface area contributed by atoms with Crippen LogP contribution < -0.4 is 21.3 Å². The molecule has 4 rings (SSSR count). The van der Waals surface area contributed by atoms with Gasteiger partial charge in [-0.1, -0.05) is 123 Å². The van der Waals surface area contributed by atoms with Gasteiger partial charge in [0.15, 0.2) is 0 Å². The first-order valence-corrected chi connectivity index (χ1v) is 22.9. The van der Waals surface area contributed by atoms with Crippen molar-refractivity contribution in [2.24, 2.45) is 11.8 Å². The summed E-state index contributed by atoms with van der Waals surface area (Å²) in [6.45, 7) is 12.5. The molecule has 0 aliphatic carbocycles. The molecular weight excluding hydrogens is 899 g/mol. The zero-order chi connectivity index (χ0) is 48.1. The largest absolute Gasteiger partial charge is 0.460 e. The lowest BCUT2D eigenvalue weighted by Gasteiger charge is -2.29. The van der Waals surface area contributed by atoms with E-state index >= 15 is 0 Å². The number of hydrogen-bond acceptors (Lipinski definition) is 9. The lowest BCUT2D eigenvalue weighted by atomic mass is 10.0. The molecule has 65 heavy (non-hydrogen) atoms. The second-order valence-electron chi connectivity index (χ2n) is 18.0. The molecule has 18 heteroatoms. The van der Waals surface area contributed by atoms with Crippen molar-refractivity contribution in [2.75, 3.05) is 19.7 Å². The molecule has 0 saturated carbocycles. The predicted molar refractivity (Wildman–Crippen MR) is 250 cm³/mol. The highest BCUT2D eigenvalue weighted by Crippen LogP contribution is 2.28. The number of benzene rings is 2. The number of esters is 1. The number of likely N-dealkylation sites (tertiary alicyclic amines) is 2. The van der Waals surface area contributed by atoms with Crippen LogP contribution in [0.3, 0.4) is 0 Å². The molecule has 2 heterocycles. The zero-order valence-electron chi connectivity index (χ0n) is 38.0. The molecule has 4 atom stereocenters. The molecule has 2 fully saturated rings. The molecule has 0 unspecified atom stereocenters. The summed E-state index contributed by atoms with van der Waals surface area (Å²) < 4.78 is 8.77. The van der Waals surface area contributed by atoms with Crippen molar-refractivity contribution >= 4 is 88.6 Å². The minimum atomic E-state index is -1.86. The van der Waals surface area contributed by atoms with E-state index in [4.69, 9.17) is 44.3 Å². The first-order valence-electron chi connectivity index (χ1n) is 21.8. The Labute approximate surface area is 396 Å². The van der Waals surface area contributed by atoms with Crippen LogP contribution in [0.25, 0.3) is 12.2 Å². The van der Waals surface area contributed by atoms with Crippen molar-refractivity contribution in [1.29, 1.82) is 0 Å². The second-order valence-corrected chi connectivity index (χ2v) is 20.5. The number of alkyl carbamates (subject to hydrolysis) is 1. The fourth-order valence-electron chi connectivity index (χ4n) is 7.39. The summed E-state index contributed by atoms with van der Waals surface area (Å²) in [5, 5.41) is 10.9. The molecule has 2 aromatic carbocycles. The maximum Gasteiger partial charge on any atom is 0.408 e. The van der Waals surface area contributed by atoms with Crippen LogP contribution in [-0.4, -0.2) is 105 Å². The highest BCUT2D eigenvalue weighted by Gasteiger charge is 2.40. The van der Waals surface area contributed by atoms with E-state index in [0.29, 0.717) is 24.0 Å². The van der Waals surface area contributed by atoms with Crippen LogP contribution in [0.5, 0.6) is 0 Å². The van der Waals surface area contributed by atoms with Gasteiger partial charge in [0, 0.05) is 13.1 Å². The smallest absolute Gasteiger partial charge is 0.408 e. The molecule has 2 aliphatic rings. The van der Waals surface area contributed by atoms with Gasteiger partial charge in [0.1, 0.15) is 47.8 Å². The van der Waals surface area contributed by atoms with Crippen LogP contribution in [0.15, 0.2) is 72.1 Å². The van der Waals surface area contributed by atoms with Crippen molar-refractivity contribution in [2.45, 2.75) is 121 Å². The van der Waals surface area contributed by atoms with Gasteiger partial charge < -0.3 is 40.5 Å². The van der Waals surface area contributed by atoms with Gasteiger partial charge in [0.2, 0.25) is 21.5 Å². The summed E-state index contributed by atoms with van der Waals surface area (Å²) in [5.74, 6) is -4.15. The van der Waals surface area contributed by atoms with Gasteiger partial charge in [-0.2, -0.15) is 0 Å². The molecule has 6 amide bonds. The van der Waals surface area contributed by atoms with Gasteiger partial charge in [-0.3, -0.25) is 24.0 Å². The molecule has 0 bridgehead atoms. The number of carbonyl (C=O) groups excluding carboxylic acids is 7. The summed E-state index contributed by atoms with van der Waals surface area (Å²) in [6.07, 6.45) is 4.07. The van der Waals surface area contributed by atoms with Crippen LogP contribution in [0.2, 0.25) is 0 Å². The quantitative estimate of drug-likeness (QED) is 0.0762. The van der Waals surface area contributed by atoms with Gasteiger partial charge in [-0.25, -0.2) is 9.59 Å². The third kappa shape index (κ3) is 17.0. The SMILES string of the molecule is CC(C)C[C@H](NC(=O)OC(C)(C)C)C(=O)N/C(=C\c1ccccc1)C(=O)N1CCC[C@H]1C(=O)N[C@@H](CC(C)C)C(=O)N/C(=C\c1ccccc1)C(=O)N1CCC[C@H]1C(=O)OCC(Cl)(Cl)Cl. The molecule has 2 aliphatic heterocycles. The van der Waals surface area contributed by atoms with Crippen LogP contribution in [0.1, 0.15) is 98.1 Å². The Morgan fingerprint density at radius 3 is 1.54 bits per heavy atom. The Morgan fingerprint density at radius 1 is 0.677 bits per heavy atom.